The summed E-state index contributed by atoms with van der Waals surface area (Å²) >= 11 is 23.8. The summed E-state index contributed by atoms with van der Waals surface area (Å²) in [6, 6.07) is 4.60. The van der Waals surface area contributed by atoms with Gasteiger partial charge in [0.1, 0.15) is 11.3 Å². The van der Waals surface area contributed by atoms with Crippen molar-refractivity contribution in [1.82, 2.24) is 0 Å². The van der Waals surface area contributed by atoms with Crippen LogP contribution in [0, 0.1) is 0 Å². The van der Waals surface area contributed by atoms with E-state index in [1.807, 2.05) is 0 Å². The fourth-order valence-electron chi connectivity index (χ4n) is 1.86. The summed E-state index contributed by atoms with van der Waals surface area (Å²) in [5.74, 6) is -0.0896. The summed E-state index contributed by atoms with van der Waals surface area (Å²) in [4.78, 5) is 0. The molecule has 1 aromatic heterocycles. The molecule has 0 fully saturated rings. The van der Waals surface area contributed by atoms with Crippen LogP contribution in [0.1, 0.15) is 0 Å². The van der Waals surface area contributed by atoms with E-state index in [0.717, 1.165) is 0 Å². The summed E-state index contributed by atoms with van der Waals surface area (Å²) < 4.78 is 5.56. The lowest BCUT2D eigenvalue weighted by Crippen LogP contribution is -1.74. The third kappa shape index (κ3) is 1.64. The molecule has 6 heteroatoms. The van der Waals surface area contributed by atoms with Crippen LogP contribution in [0.5, 0.6) is 5.75 Å². The van der Waals surface area contributed by atoms with Crippen LogP contribution < -0.4 is 0 Å². The van der Waals surface area contributed by atoms with Crippen LogP contribution in [-0.4, -0.2) is 5.11 Å². The van der Waals surface area contributed by atoms with Crippen LogP contribution in [0.4, 0.5) is 0 Å². The Balaban J connectivity index is 2.61. The van der Waals surface area contributed by atoms with Gasteiger partial charge in [0.15, 0.2) is 5.58 Å². The fraction of sp³-hybridized carbons (Fsp3) is 0. The molecule has 0 aliphatic carbocycles. The molecular weight excluding hydrogens is 318 g/mol. The van der Waals surface area contributed by atoms with Crippen LogP contribution in [0.2, 0.25) is 20.1 Å². The Kier molecular flexibility index (Phi) is 2.79. The van der Waals surface area contributed by atoms with Gasteiger partial charge in [0.2, 0.25) is 0 Å². The molecule has 0 radical (unpaired) electrons. The Labute approximate surface area is 122 Å². The molecule has 0 atom stereocenters. The molecule has 0 bridgehead atoms. The van der Waals surface area contributed by atoms with Crippen molar-refractivity contribution in [3.05, 3.63) is 38.3 Å². The second-order valence-electron chi connectivity index (χ2n) is 3.76. The number of phenolic OH excluding ortho intramolecular Hbond substituents is 1. The maximum absolute atomic E-state index is 10.0. The number of phenols is 1. The van der Waals surface area contributed by atoms with Gasteiger partial charge < -0.3 is 9.52 Å². The van der Waals surface area contributed by atoms with Crippen molar-refractivity contribution in [3.8, 4) is 5.75 Å². The molecular formula is C12H4Cl4O2. The number of rotatable bonds is 0. The molecule has 1 N–H and O–H groups in total. The smallest absolute Gasteiger partial charge is 0.157 e. The fourth-order valence-corrected chi connectivity index (χ4v) is 2.68. The second-order valence-corrected chi connectivity index (χ2v) is 5.39. The minimum Gasteiger partial charge on any atom is -0.506 e. The van der Waals surface area contributed by atoms with E-state index < -0.39 is 0 Å². The molecule has 0 saturated carbocycles. The van der Waals surface area contributed by atoms with Gasteiger partial charge in [-0.2, -0.15) is 0 Å². The van der Waals surface area contributed by atoms with Gasteiger partial charge >= 0.3 is 0 Å². The average molecular weight is 322 g/mol. The standard InChI is InChI=1S/C12H4Cl4O2/c13-5-1-4-9(3-6(5)14)18-12-8(16)2-7(15)11(17)10(4)12/h1-3,17H. The van der Waals surface area contributed by atoms with Crippen LogP contribution in [0.15, 0.2) is 22.6 Å². The first-order valence-electron chi connectivity index (χ1n) is 4.87. The highest BCUT2D eigenvalue weighted by Crippen LogP contribution is 2.44. The Morgan fingerprint density at radius 2 is 1.50 bits per heavy atom. The first kappa shape index (κ1) is 12.2. The minimum atomic E-state index is -0.0896. The molecule has 1 heterocycles. The minimum absolute atomic E-state index is 0.0896. The molecule has 18 heavy (non-hydrogen) atoms. The second kappa shape index (κ2) is 4.10. The molecule has 0 saturated heterocycles. The van der Waals surface area contributed by atoms with E-state index in [-0.39, 0.29) is 10.8 Å². The van der Waals surface area contributed by atoms with Crippen molar-refractivity contribution in [3.63, 3.8) is 0 Å². The van der Waals surface area contributed by atoms with Gasteiger partial charge in [-0.15, -0.1) is 0 Å². The predicted octanol–water partition coefficient (Wildman–Crippen LogP) is 5.91. The van der Waals surface area contributed by atoms with Crippen LogP contribution in [0.3, 0.4) is 0 Å². The highest BCUT2D eigenvalue weighted by molar-refractivity contribution is 6.44. The number of hydrogen-bond acceptors (Lipinski definition) is 2. The van der Waals surface area contributed by atoms with Crippen molar-refractivity contribution in [2.24, 2.45) is 0 Å². The zero-order chi connectivity index (χ0) is 13.0. The molecule has 3 rings (SSSR count). The molecule has 0 aliphatic heterocycles. The molecule has 2 nitrogen and oxygen atoms in total. The summed E-state index contributed by atoms with van der Waals surface area (Å²) in [6.07, 6.45) is 0. The zero-order valence-corrected chi connectivity index (χ0v) is 11.6. The van der Waals surface area contributed by atoms with Gasteiger partial charge in [0.25, 0.3) is 0 Å². The number of aromatic hydroxyl groups is 1. The number of halogens is 4. The average Bonchev–Trinajstić information content (AvgIpc) is 2.66. The maximum Gasteiger partial charge on any atom is 0.157 e. The molecule has 92 valence electrons. The van der Waals surface area contributed by atoms with Gasteiger partial charge in [-0.05, 0) is 12.1 Å². The number of furan rings is 1. The molecule has 0 unspecified atom stereocenters. The van der Waals surface area contributed by atoms with E-state index in [1.165, 1.54) is 6.07 Å². The maximum atomic E-state index is 10.0. The normalized spacial score (nSPS) is 11.6. The largest absolute Gasteiger partial charge is 0.506 e. The Morgan fingerprint density at radius 1 is 0.833 bits per heavy atom. The topological polar surface area (TPSA) is 33.4 Å². The third-order valence-electron chi connectivity index (χ3n) is 2.66. The first-order valence-corrected chi connectivity index (χ1v) is 6.38. The highest BCUT2D eigenvalue weighted by Gasteiger charge is 2.18. The lowest BCUT2D eigenvalue weighted by atomic mass is 10.1. The van der Waals surface area contributed by atoms with Crippen LogP contribution in [-0.2, 0) is 0 Å². The predicted molar refractivity (Wildman–Crippen MR) is 75.4 cm³/mol. The van der Waals surface area contributed by atoms with Crippen molar-refractivity contribution in [1.29, 1.82) is 0 Å². The summed E-state index contributed by atoms with van der Waals surface area (Å²) in [6.45, 7) is 0. The number of fused-ring (bicyclic) bond motifs is 3. The zero-order valence-electron chi connectivity index (χ0n) is 8.60. The monoisotopic (exact) mass is 320 g/mol. The van der Waals surface area contributed by atoms with Crippen LogP contribution in [0.25, 0.3) is 21.9 Å². The molecule has 0 amide bonds. The molecule has 0 aliphatic rings. The summed E-state index contributed by atoms with van der Waals surface area (Å²) in [5, 5.41) is 12.2. The van der Waals surface area contributed by atoms with E-state index in [2.05, 4.69) is 0 Å². The number of hydrogen-bond donors (Lipinski definition) is 1. The van der Waals surface area contributed by atoms with Crippen molar-refractivity contribution in [2.45, 2.75) is 0 Å². The lowest BCUT2D eigenvalue weighted by molar-refractivity contribution is 0.482. The van der Waals surface area contributed by atoms with Gasteiger partial charge in [-0.25, -0.2) is 0 Å². The first-order chi connectivity index (χ1) is 8.49. The van der Waals surface area contributed by atoms with Gasteiger partial charge in [-0.3, -0.25) is 0 Å². The Hall–Kier alpha value is -0.800. The van der Waals surface area contributed by atoms with E-state index in [1.54, 1.807) is 12.1 Å². The van der Waals surface area contributed by atoms with E-state index >= 15 is 0 Å². The third-order valence-corrected chi connectivity index (χ3v) is 3.96. The number of benzene rings is 2. The van der Waals surface area contributed by atoms with E-state index in [0.29, 0.717) is 37.0 Å². The van der Waals surface area contributed by atoms with Crippen molar-refractivity contribution < 1.29 is 9.52 Å². The Bertz CT molecular complexity index is 792. The van der Waals surface area contributed by atoms with Gasteiger partial charge in [-0.1, -0.05) is 46.4 Å². The molecule has 0 spiro atoms. The van der Waals surface area contributed by atoms with E-state index in [9.17, 15) is 5.11 Å². The van der Waals surface area contributed by atoms with Gasteiger partial charge in [0, 0.05) is 11.5 Å². The summed E-state index contributed by atoms with van der Waals surface area (Å²) in [5.41, 5.74) is 0.839. The molecule has 3 aromatic rings. The molecule has 2 aromatic carbocycles. The highest BCUT2D eigenvalue weighted by atomic mass is 35.5. The van der Waals surface area contributed by atoms with Crippen LogP contribution >= 0.6 is 46.4 Å². The van der Waals surface area contributed by atoms with Crippen molar-refractivity contribution in [2.75, 3.05) is 0 Å². The summed E-state index contributed by atoms with van der Waals surface area (Å²) in [7, 11) is 0. The van der Waals surface area contributed by atoms with Crippen molar-refractivity contribution >= 4 is 68.3 Å². The van der Waals surface area contributed by atoms with E-state index in [4.69, 9.17) is 50.8 Å². The van der Waals surface area contributed by atoms with Gasteiger partial charge in [0.05, 0.1) is 25.5 Å². The lowest BCUT2D eigenvalue weighted by Gasteiger charge is -2.00. The Morgan fingerprint density at radius 3 is 2.22 bits per heavy atom. The quantitative estimate of drug-likeness (QED) is 0.558. The SMILES string of the molecule is Oc1c(Cl)cc(Cl)c2oc3cc(Cl)c(Cl)cc3c12.